The van der Waals surface area contributed by atoms with Gasteiger partial charge in [0.05, 0.1) is 38.2 Å². The van der Waals surface area contributed by atoms with Gasteiger partial charge in [-0.3, -0.25) is 4.57 Å². The fraction of sp³-hybridized carbons (Fsp3) is 0.583. The molecule has 2 aliphatic heterocycles. The molecule has 0 radical (unpaired) electrons. The fourth-order valence-electron chi connectivity index (χ4n) is 3.10. The summed E-state index contributed by atoms with van der Waals surface area (Å²) in [6.07, 6.45) is 1.58. The lowest BCUT2D eigenvalue weighted by molar-refractivity contribution is -0.163. The minimum atomic E-state index is -1.09. The van der Waals surface area contributed by atoms with Gasteiger partial charge in [-0.1, -0.05) is 0 Å². The summed E-state index contributed by atoms with van der Waals surface area (Å²) < 4.78 is 13.1. The summed E-state index contributed by atoms with van der Waals surface area (Å²) in [6, 6.07) is 0. The summed E-state index contributed by atoms with van der Waals surface area (Å²) in [5.74, 6) is -0.0205. The quantitative estimate of drug-likeness (QED) is 0.621. The molecule has 9 heteroatoms. The molecule has 0 aromatic carbocycles. The van der Waals surface area contributed by atoms with E-state index in [0.29, 0.717) is 17.8 Å². The van der Waals surface area contributed by atoms with Gasteiger partial charge in [-0.25, -0.2) is 15.0 Å². The Morgan fingerprint density at radius 2 is 2.29 bits per heavy atom. The molecule has 2 aromatic heterocycles. The Labute approximate surface area is 119 Å². The summed E-state index contributed by atoms with van der Waals surface area (Å²) in [5.41, 5.74) is 5.69. The van der Waals surface area contributed by atoms with Crippen molar-refractivity contribution in [2.75, 3.05) is 25.6 Å². The van der Waals surface area contributed by atoms with Crippen LogP contribution >= 0.6 is 0 Å². The van der Waals surface area contributed by atoms with Gasteiger partial charge in [-0.05, 0) is 0 Å². The molecule has 0 amide bonds. The van der Waals surface area contributed by atoms with E-state index in [0.717, 1.165) is 0 Å². The molecule has 112 valence electrons. The Bertz CT molecular complexity index is 691. The van der Waals surface area contributed by atoms with E-state index < -0.39 is 17.9 Å². The van der Waals surface area contributed by atoms with Crippen molar-refractivity contribution in [1.29, 1.82) is 0 Å². The highest BCUT2D eigenvalue weighted by Crippen LogP contribution is 2.45. The maximum atomic E-state index is 10.4. The molecule has 4 N–H and O–H groups in total. The van der Waals surface area contributed by atoms with Crippen LogP contribution in [0, 0.1) is 5.92 Å². The number of fused-ring (bicyclic) bond motifs is 3. The monoisotopic (exact) mass is 293 g/mol. The van der Waals surface area contributed by atoms with E-state index in [1.807, 2.05) is 0 Å². The highest BCUT2D eigenvalue weighted by atomic mass is 16.6. The number of rotatable bonds is 2. The molecule has 2 saturated heterocycles. The first-order valence-corrected chi connectivity index (χ1v) is 6.64. The first-order valence-electron chi connectivity index (χ1n) is 6.64. The number of nitrogen functional groups attached to an aromatic ring is 1. The third-order valence-electron chi connectivity index (χ3n) is 4.25. The predicted molar refractivity (Wildman–Crippen MR) is 70.0 cm³/mol. The third kappa shape index (κ3) is 1.62. The van der Waals surface area contributed by atoms with E-state index in [1.54, 1.807) is 10.9 Å². The van der Waals surface area contributed by atoms with Crippen molar-refractivity contribution in [3.63, 3.8) is 0 Å². The standard InChI is InChI=1S/C12H15N5O4/c13-9-7-10(15-4-14-9)17(5-16-7)11-6-1-20-3-12(2-18,21-11)8(6)19/h4-6,8,11,18-19H,1-3H2,(H2,13,14,15)/t6-,8+,11+,12-/m1/s1. The number of hydrogen-bond acceptors (Lipinski definition) is 8. The topological polar surface area (TPSA) is 129 Å². The van der Waals surface area contributed by atoms with Crippen molar-refractivity contribution in [2.24, 2.45) is 5.92 Å². The molecule has 4 rings (SSSR count). The van der Waals surface area contributed by atoms with Gasteiger partial charge < -0.3 is 25.4 Å². The van der Waals surface area contributed by atoms with Crippen molar-refractivity contribution in [3.05, 3.63) is 12.7 Å². The van der Waals surface area contributed by atoms with E-state index in [2.05, 4.69) is 15.0 Å². The van der Waals surface area contributed by atoms with Crippen LogP contribution in [-0.2, 0) is 9.47 Å². The first-order chi connectivity index (χ1) is 10.2. The molecule has 2 aromatic rings. The van der Waals surface area contributed by atoms with Gasteiger partial charge in [0.1, 0.15) is 23.7 Å². The van der Waals surface area contributed by atoms with Gasteiger partial charge in [-0.15, -0.1) is 0 Å². The molecule has 9 nitrogen and oxygen atoms in total. The number of nitrogens with zero attached hydrogens (tertiary/aromatic N) is 4. The highest BCUT2D eigenvalue weighted by Gasteiger charge is 2.58. The second-order valence-electron chi connectivity index (χ2n) is 5.44. The smallest absolute Gasteiger partial charge is 0.167 e. The van der Waals surface area contributed by atoms with E-state index in [-0.39, 0.29) is 24.9 Å². The molecule has 0 saturated carbocycles. The minimum absolute atomic E-state index is 0.154. The number of aliphatic hydroxyl groups excluding tert-OH is 2. The van der Waals surface area contributed by atoms with Gasteiger partial charge in [-0.2, -0.15) is 0 Å². The molecule has 0 aliphatic carbocycles. The number of aromatic nitrogens is 4. The Balaban J connectivity index is 1.81. The maximum absolute atomic E-state index is 10.4. The largest absolute Gasteiger partial charge is 0.393 e. The summed E-state index contributed by atoms with van der Waals surface area (Å²) in [7, 11) is 0. The predicted octanol–water partition coefficient (Wildman–Crippen LogP) is -1.32. The lowest BCUT2D eigenvalue weighted by Gasteiger charge is -2.33. The van der Waals surface area contributed by atoms with Gasteiger partial charge >= 0.3 is 0 Å². The van der Waals surface area contributed by atoms with Crippen LogP contribution in [0.25, 0.3) is 11.2 Å². The normalized spacial score (nSPS) is 35.4. The summed E-state index contributed by atoms with van der Waals surface area (Å²) in [4.78, 5) is 12.3. The third-order valence-corrected chi connectivity index (χ3v) is 4.25. The molecule has 4 heterocycles. The van der Waals surface area contributed by atoms with Crippen molar-refractivity contribution < 1.29 is 19.7 Å². The highest BCUT2D eigenvalue weighted by molar-refractivity contribution is 5.81. The Kier molecular flexibility index (Phi) is 2.67. The Hall–Kier alpha value is -1.81. The lowest BCUT2D eigenvalue weighted by atomic mass is 9.89. The van der Waals surface area contributed by atoms with Crippen molar-refractivity contribution >= 4 is 17.0 Å². The zero-order chi connectivity index (χ0) is 14.6. The molecule has 2 fully saturated rings. The average Bonchev–Trinajstić information content (AvgIpc) is 2.96. The van der Waals surface area contributed by atoms with Gasteiger partial charge in [0.25, 0.3) is 0 Å². The number of nitrogens with two attached hydrogens (primary N) is 1. The second-order valence-corrected chi connectivity index (χ2v) is 5.44. The number of anilines is 1. The average molecular weight is 293 g/mol. The molecule has 2 bridgehead atoms. The van der Waals surface area contributed by atoms with Crippen LogP contribution in [0.1, 0.15) is 6.23 Å². The molecular weight excluding hydrogens is 278 g/mol. The summed E-state index contributed by atoms with van der Waals surface area (Å²) in [6.45, 7) is 0.181. The van der Waals surface area contributed by atoms with Crippen LogP contribution in [0.15, 0.2) is 12.7 Å². The van der Waals surface area contributed by atoms with Crippen molar-refractivity contribution in [3.8, 4) is 0 Å². The zero-order valence-electron chi connectivity index (χ0n) is 11.1. The summed E-state index contributed by atoms with van der Waals surface area (Å²) in [5, 5.41) is 20.0. The molecular formula is C12H15N5O4. The van der Waals surface area contributed by atoms with Gasteiger partial charge in [0.2, 0.25) is 0 Å². The van der Waals surface area contributed by atoms with Crippen LogP contribution < -0.4 is 5.73 Å². The Morgan fingerprint density at radius 1 is 1.43 bits per heavy atom. The van der Waals surface area contributed by atoms with Crippen LogP contribution in [0.5, 0.6) is 0 Å². The van der Waals surface area contributed by atoms with Crippen LogP contribution in [0.4, 0.5) is 5.82 Å². The molecule has 21 heavy (non-hydrogen) atoms. The molecule has 2 aliphatic rings. The number of hydrogen-bond donors (Lipinski definition) is 3. The SMILES string of the molecule is Nc1ncnc2c1ncn2[C@H]1O[C@]2(CO)COC[C@@H]1[C@@H]2O. The molecule has 0 spiro atoms. The van der Waals surface area contributed by atoms with Crippen LogP contribution in [0.2, 0.25) is 0 Å². The van der Waals surface area contributed by atoms with Crippen LogP contribution in [-0.4, -0.2) is 61.3 Å². The maximum Gasteiger partial charge on any atom is 0.167 e. The molecule has 0 unspecified atom stereocenters. The zero-order valence-corrected chi connectivity index (χ0v) is 11.1. The van der Waals surface area contributed by atoms with E-state index in [4.69, 9.17) is 15.2 Å². The van der Waals surface area contributed by atoms with E-state index >= 15 is 0 Å². The van der Waals surface area contributed by atoms with Gasteiger partial charge in [0, 0.05) is 0 Å². The van der Waals surface area contributed by atoms with Crippen LogP contribution in [0.3, 0.4) is 0 Å². The molecule has 4 atom stereocenters. The van der Waals surface area contributed by atoms with Crippen molar-refractivity contribution in [1.82, 2.24) is 19.5 Å². The van der Waals surface area contributed by atoms with E-state index in [9.17, 15) is 10.2 Å². The minimum Gasteiger partial charge on any atom is -0.393 e. The van der Waals surface area contributed by atoms with Crippen molar-refractivity contribution in [2.45, 2.75) is 17.9 Å². The van der Waals surface area contributed by atoms with E-state index in [1.165, 1.54) is 6.33 Å². The number of aliphatic hydroxyl groups is 2. The second kappa shape index (κ2) is 4.34. The summed E-state index contributed by atoms with van der Waals surface area (Å²) >= 11 is 0. The Morgan fingerprint density at radius 3 is 3.05 bits per heavy atom. The van der Waals surface area contributed by atoms with Gasteiger partial charge in [0.15, 0.2) is 11.5 Å². The number of imidazole rings is 1. The lowest BCUT2D eigenvalue weighted by Crippen LogP contribution is -2.52. The fourth-order valence-corrected chi connectivity index (χ4v) is 3.10. The first kappa shape index (κ1) is 12.9. The number of ether oxygens (including phenoxy) is 2.